The van der Waals surface area contributed by atoms with Crippen LogP contribution < -0.4 is 5.32 Å². The fourth-order valence-corrected chi connectivity index (χ4v) is 3.38. The fourth-order valence-electron chi connectivity index (χ4n) is 2.94. The molecule has 0 bridgehead atoms. The van der Waals surface area contributed by atoms with Crippen LogP contribution in [0.25, 0.3) is 11.1 Å². The van der Waals surface area contributed by atoms with Crippen molar-refractivity contribution in [3.63, 3.8) is 0 Å². The topological polar surface area (TPSA) is 82.1 Å². The van der Waals surface area contributed by atoms with E-state index in [-0.39, 0.29) is 17.9 Å². The van der Waals surface area contributed by atoms with Crippen molar-refractivity contribution in [1.82, 2.24) is 10.3 Å². The van der Waals surface area contributed by atoms with E-state index in [1.54, 1.807) is 12.1 Å². The van der Waals surface area contributed by atoms with Crippen molar-refractivity contribution in [2.75, 3.05) is 0 Å². The Balaban J connectivity index is 1.81. The molecule has 1 unspecified atom stereocenters. The van der Waals surface area contributed by atoms with Crippen molar-refractivity contribution in [2.24, 2.45) is 0 Å². The third-order valence-electron chi connectivity index (χ3n) is 4.49. The minimum Gasteiger partial charge on any atom is -0.772 e. The van der Waals surface area contributed by atoms with Gasteiger partial charge in [-0.05, 0) is 47.4 Å². The van der Waals surface area contributed by atoms with E-state index in [0.717, 1.165) is 23.4 Å². The molecule has 31 heavy (non-hydrogen) atoms. The maximum atomic E-state index is 12.7. The normalized spacial score (nSPS) is 12.4. The number of carbonyl (C=O) groups excluding carboxylic acids is 1. The van der Waals surface area contributed by atoms with Crippen LogP contribution >= 0.6 is 0 Å². The lowest BCUT2D eigenvalue weighted by Crippen LogP contribution is -2.23. The molecular weight excluding hydrogens is 429 g/mol. The number of rotatable bonds is 6. The van der Waals surface area contributed by atoms with E-state index in [1.165, 1.54) is 12.1 Å². The Kier molecular flexibility index (Phi) is 6.87. The summed E-state index contributed by atoms with van der Waals surface area (Å²) in [4.78, 5) is 16.0. The zero-order valence-electron chi connectivity index (χ0n) is 16.4. The van der Waals surface area contributed by atoms with Gasteiger partial charge in [0.2, 0.25) is 0 Å². The lowest BCUT2D eigenvalue weighted by Gasteiger charge is -2.12. The molecule has 0 saturated carbocycles. The monoisotopic (exact) mass is 447 g/mol. The van der Waals surface area contributed by atoms with Gasteiger partial charge in [-0.2, -0.15) is 13.2 Å². The van der Waals surface area contributed by atoms with Crippen LogP contribution in [0.15, 0.2) is 60.8 Å². The zero-order chi connectivity index (χ0) is 22.6. The maximum absolute atomic E-state index is 12.7. The standard InChI is InChI=1S/C22H19F3N2O3S/c1-14-2-5-17(6-3-14)18-8-16(13-31(29)30)9-19(10-18)21(28)27-12-15-4-7-20(26-11-15)22(23,24)25/h2-11H,12-13H2,1H3,(H,27,28)(H,29,30)/p-1. The Hall–Kier alpha value is -3.04. The summed E-state index contributed by atoms with van der Waals surface area (Å²) in [5.74, 6) is -0.727. The smallest absolute Gasteiger partial charge is 0.433 e. The number of aromatic nitrogens is 1. The lowest BCUT2D eigenvalue weighted by atomic mass is 9.99. The molecule has 0 aliphatic rings. The van der Waals surface area contributed by atoms with Gasteiger partial charge in [-0.15, -0.1) is 0 Å². The molecule has 1 aromatic heterocycles. The highest BCUT2D eigenvalue weighted by molar-refractivity contribution is 7.78. The van der Waals surface area contributed by atoms with Crippen molar-refractivity contribution in [2.45, 2.75) is 25.4 Å². The Bertz CT molecular complexity index is 1100. The highest BCUT2D eigenvalue weighted by Crippen LogP contribution is 2.27. The molecule has 162 valence electrons. The summed E-state index contributed by atoms with van der Waals surface area (Å²) in [6.07, 6.45) is -3.48. The van der Waals surface area contributed by atoms with E-state index in [2.05, 4.69) is 10.3 Å². The number of alkyl halides is 3. The van der Waals surface area contributed by atoms with Gasteiger partial charge in [-0.1, -0.05) is 53.0 Å². The van der Waals surface area contributed by atoms with Crippen LogP contribution in [0.5, 0.6) is 0 Å². The predicted molar refractivity (Wildman–Crippen MR) is 110 cm³/mol. The van der Waals surface area contributed by atoms with E-state index >= 15 is 0 Å². The molecule has 0 aliphatic heterocycles. The first-order valence-electron chi connectivity index (χ1n) is 9.19. The van der Waals surface area contributed by atoms with Gasteiger partial charge in [-0.3, -0.25) is 14.0 Å². The summed E-state index contributed by atoms with van der Waals surface area (Å²) in [6.45, 7) is 1.91. The molecule has 3 rings (SSSR count). The first-order valence-corrected chi connectivity index (χ1v) is 10.4. The third-order valence-corrected chi connectivity index (χ3v) is 5.06. The van der Waals surface area contributed by atoms with Crippen molar-refractivity contribution >= 4 is 17.0 Å². The molecule has 3 aromatic rings. The van der Waals surface area contributed by atoms with Crippen LogP contribution in [-0.2, 0) is 29.6 Å². The molecule has 0 radical (unpaired) electrons. The van der Waals surface area contributed by atoms with Crippen molar-refractivity contribution in [3.05, 3.63) is 88.7 Å². The molecule has 2 aromatic carbocycles. The lowest BCUT2D eigenvalue weighted by molar-refractivity contribution is -0.141. The quantitative estimate of drug-likeness (QED) is 0.569. The molecule has 1 heterocycles. The average molecular weight is 447 g/mol. The third kappa shape index (κ3) is 6.22. The molecule has 0 saturated heterocycles. The van der Waals surface area contributed by atoms with E-state index in [9.17, 15) is 26.7 Å². The fraction of sp³-hybridized carbons (Fsp3) is 0.182. The van der Waals surface area contributed by atoms with Gasteiger partial charge >= 0.3 is 6.18 Å². The van der Waals surface area contributed by atoms with Gasteiger partial charge in [-0.25, -0.2) is 0 Å². The second-order valence-electron chi connectivity index (χ2n) is 6.96. The van der Waals surface area contributed by atoms with E-state index in [4.69, 9.17) is 0 Å². The van der Waals surface area contributed by atoms with Crippen LogP contribution in [0.4, 0.5) is 13.2 Å². The first-order chi connectivity index (χ1) is 14.6. The minimum absolute atomic E-state index is 0.0262. The van der Waals surface area contributed by atoms with E-state index < -0.39 is 28.9 Å². The van der Waals surface area contributed by atoms with E-state index in [0.29, 0.717) is 16.7 Å². The Morgan fingerprint density at radius 1 is 1.03 bits per heavy atom. The number of hydrogen-bond acceptors (Lipinski definition) is 4. The number of nitrogens with zero attached hydrogens (tertiary/aromatic N) is 1. The van der Waals surface area contributed by atoms with Crippen LogP contribution in [0.2, 0.25) is 0 Å². The SMILES string of the molecule is Cc1ccc(-c2cc(CS(=O)[O-])cc(C(=O)NCc3ccc(C(F)(F)F)nc3)c2)cc1. The van der Waals surface area contributed by atoms with Gasteiger partial charge < -0.3 is 9.87 Å². The second kappa shape index (κ2) is 9.40. The second-order valence-corrected chi connectivity index (χ2v) is 7.86. The number of benzene rings is 2. The minimum atomic E-state index is -4.53. The zero-order valence-corrected chi connectivity index (χ0v) is 17.2. The summed E-state index contributed by atoms with van der Waals surface area (Å²) in [7, 11) is 0. The largest absolute Gasteiger partial charge is 0.772 e. The summed E-state index contributed by atoms with van der Waals surface area (Å²) in [5, 5.41) is 2.63. The van der Waals surface area contributed by atoms with Gasteiger partial charge in [0, 0.05) is 24.1 Å². The van der Waals surface area contributed by atoms with Crippen LogP contribution in [-0.4, -0.2) is 19.7 Å². The van der Waals surface area contributed by atoms with Crippen molar-refractivity contribution in [1.29, 1.82) is 0 Å². The number of nitrogens with one attached hydrogen (secondary N) is 1. The van der Waals surface area contributed by atoms with Gasteiger partial charge in [0.25, 0.3) is 5.91 Å². The molecule has 1 amide bonds. The number of amides is 1. The molecule has 0 fully saturated rings. The van der Waals surface area contributed by atoms with Crippen LogP contribution in [0, 0.1) is 6.92 Å². The maximum Gasteiger partial charge on any atom is 0.433 e. The summed E-state index contributed by atoms with van der Waals surface area (Å²) < 4.78 is 60.1. The molecule has 9 heteroatoms. The molecule has 0 spiro atoms. The Morgan fingerprint density at radius 2 is 1.74 bits per heavy atom. The summed E-state index contributed by atoms with van der Waals surface area (Å²) >= 11 is -2.33. The highest BCUT2D eigenvalue weighted by atomic mass is 32.2. The average Bonchev–Trinajstić information content (AvgIpc) is 2.71. The molecule has 5 nitrogen and oxygen atoms in total. The number of hydrogen-bond donors (Lipinski definition) is 1. The van der Waals surface area contributed by atoms with Crippen LogP contribution in [0.3, 0.4) is 0 Å². The van der Waals surface area contributed by atoms with Gasteiger partial charge in [0.15, 0.2) is 0 Å². The number of aryl methyl sites for hydroxylation is 1. The Morgan fingerprint density at radius 3 is 2.32 bits per heavy atom. The first kappa shape index (κ1) is 22.6. The molecular formula is C22H18F3N2O3S-. The summed E-state index contributed by atoms with van der Waals surface area (Å²) in [5.41, 5.74) is 2.66. The molecule has 0 aliphatic carbocycles. The highest BCUT2D eigenvalue weighted by Gasteiger charge is 2.31. The van der Waals surface area contributed by atoms with E-state index in [1.807, 2.05) is 31.2 Å². The number of halogens is 3. The number of pyridine rings is 1. The van der Waals surface area contributed by atoms with Gasteiger partial charge in [0.1, 0.15) is 5.69 Å². The van der Waals surface area contributed by atoms with Crippen molar-refractivity contribution < 1.29 is 26.7 Å². The number of carbonyl (C=O) groups is 1. The Labute approximate surface area is 179 Å². The van der Waals surface area contributed by atoms with Gasteiger partial charge in [0.05, 0.1) is 0 Å². The van der Waals surface area contributed by atoms with Crippen molar-refractivity contribution in [3.8, 4) is 11.1 Å². The molecule has 1 N–H and O–H groups in total. The van der Waals surface area contributed by atoms with Crippen LogP contribution in [0.1, 0.15) is 32.7 Å². The predicted octanol–water partition coefficient (Wildman–Crippen LogP) is 4.38. The molecule has 1 atom stereocenters. The summed E-state index contributed by atoms with van der Waals surface area (Å²) in [6, 6.07) is 14.5.